The molecule has 0 saturated heterocycles. The molecule has 0 bridgehead atoms. The molecule has 0 atom stereocenters. The van der Waals surface area contributed by atoms with E-state index < -0.39 is 5.03 Å². The lowest BCUT2D eigenvalue weighted by Crippen LogP contribution is -2.08. The van der Waals surface area contributed by atoms with E-state index in [1.165, 1.54) is 24.5 Å². The second-order valence-corrected chi connectivity index (χ2v) is 5.00. The molecule has 11 heteroatoms. The second kappa shape index (κ2) is 8.04. The number of nitrogens with zero attached hydrogens (tertiary/aromatic N) is 3. The Morgan fingerprint density at radius 1 is 1.00 bits per heavy atom. The Labute approximate surface area is 139 Å². The van der Waals surface area contributed by atoms with Crippen molar-refractivity contribution < 1.29 is 5.03 Å². The van der Waals surface area contributed by atoms with E-state index in [1.54, 1.807) is 0 Å². The quantitative estimate of drug-likeness (QED) is 0.611. The smallest absolute Gasteiger partial charge is 0.192 e. The van der Waals surface area contributed by atoms with Crippen molar-refractivity contribution in [1.82, 2.24) is 9.97 Å². The Morgan fingerprint density at radius 3 is 1.95 bits per heavy atom. The lowest BCUT2D eigenvalue weighted by Gasteiger charge is -1.97. The standard InChI is InChI=1S/C5H3Cl2N3O2.C5H4Cl2N2/c6-3-1-5(9-10(11)12)8-2-4(3)7;6-3-1-5(8)9-2-4(3)7/h1-2H,(H,8,9);1-2H,(H2,8,9). The Kier molecular flexibility index (Phi) is 6.70. The zero-order valence-corrected chi connectivity index (χ0v) is 13.1. The van der Waals surface area contributed by atoms with Crippen LogP contribution in [0, 0.1) is 10.1 Å². The van der Waals surface area contributed by atoms with E-state index in [0.717, 1.165) is 0 Å². The SMILES string of the molecule is Nc1cc(Cl)c(Cl)cn1.O=[N+]([O-])Nc1cc(Cl)c(Cl)cn1. The van der Waals surface area contributed by atoms with E-state index in [2.05, 4.69) is 9.97 Å². The summed E-state index contributed by atoms with van der Waals surface area (Å²) in [5.41, 5.74) is 7.11. The summed E-state index contributed by atoms with van der Waals surface area (Å²) < 4.78 is 0. The van der Waals surface area contributed by atoms with Gasteiger partial charge in [-0.2, -0.15) is 0 Å². The fourth-order valence-electron chi connectivity index (χ4n) is 0.998. The molecule has 21 heavy (non-hydrogen) atoms. The summed E-state index contributed by atoms with van der Waals surface area (Å²) >= 11 is 22.2. The number of hydrogen-bond donors (Lipinski definition) is 2. The van der Waals surface area contributed by atoms with Crippen LogP contribution in [0.1, 0.15) is 0 Å². The molecule has 0 radical (unpaired) electrons. The molecule has 0 aliphatic heterocycles. The predicted octanol–water partition coefficient (Wildman–Crippen LogP) is 3.96. The number of nitrogens with one attached hydrogen (secondary N) is 1. The normalized spacial score (nSPS) is 9.52. The number of pyridine rings is 2. The van der Waals surface area contributed by atoms with Crippen LogP contribution in [0.2, 0.25) is 20.1 Å². The highest BCUT2D eigenvalue weighted by Gasteiger charge is 2.03. The summed E-state index contributed by atoms with van der Waals surface area (Å²) in [4.78, 5) is 17.3. The fourth-order valence-corrected chi connectivity index (χ4v) is 1.52. The van der Waals surface area contributed by atoms with E-state index in [9.17, 15) is 10.1 Å². The molecule has 2 aromatic rings. The van der Waals surface area contributed by atoms with Crippen LogP contribution >= 0.6 is 46.4 Å². The number of aromatic nitrogens is 2. The van der Waals surface area contributed by atoms with Crippen LogP contribution in [0.4, 0.5) is 11.6 Å². The van der Waals surface area contributed by atoms with Gasteiger partial charge in [0.25, 0.3) is 0 Å². The van der Waals surface area contributed by atoms with Crippen molar-refractivity contribution in [3.63, 3.8) is 0 Å². The summed E-state index contributed by atoms with van der Waals surface area (Å²) in [6.45, 7) is 0. The average molecular weight is 371 g/mol. The first kappa shape index (κ1) is 17.5. The molecule has 3 N–H and O–H groups in total. The highest BCUT2D eigenvalue weighted by Crippen LogP contribution is 2.22. The molecule has 112 valence electrons. The zero-order chi connectivity index (χ0) is 16.0. The minimum absolute atomic E-state index is 0.0504. The second-order valence-electron chi connectivity index (χ2n) is 3.38. The van der Waals surface area contributed by atoms with Gasteiger partial charge in [0.05, 0.1) is 20.1 Å². The van der Waals surface area contributed by atoms with Gasteiger partial charge in [0.15, 0.2) is 10.9 Å². The van der Waals surface area contributed by atoms with E-state index >= 15 is 0 Å². The van der Waals surface area contributed by atoms with Crippen LogP contribution in [-0.2, 0) is 0 Å². The topological polar surface area (TPSA) is 107 Å². The molecular formula is C10H7Cl4N5O2. The zero-order valence-electron chi connectivity index (χ0n) is 10.1. The van der Waals surface area contributed by atoms with Crippen molar-refractivity contribution in [3.05, 3.63) is 54.7 Å². The Balaban J connectivity index is 0.000000219. The molecule has 2 aromatic heterocycles. The predicted molar refractivity (Wildman–Crippen MR) is 83.5 cm³/mol. The van der Waals surface area contributed by atoms with E-state index in [1.807, 2.05) is 5.43 Å². The number of nitro groups is 1. The molecule has 7 nitrogen and oxygen atoms in total. The number of nitrogens with two attached hydrogens (primary N) is 1. The minimum atomic E-state index is -0.730. The minimum Gasteiger partial charge on any atom is -0.384 e. The molecule has 0 fully saturated rings. The van der Waals surface area contributed by atoms with Crippen LogP contribution < -0.4 is 11.2 Å². The summed E-state index contributed by atoms with van der Waals surface area (Å²) in [7, 11) is 0. The van der Waals surface area contributed by atoms with E-state index in [-0.39, 0.29) is 15.9 Å². The first-order valence-electron chi connectivity index (χ1n) is 5.08. The molecule has 0 aliphatic rings. The van der Waals surface area contributed by atoms with Gasteiger partial charge in [0.2, 0.25) is 0 Å². The van der Waals surface area contributed by atoms with Crippen LogP contribution in [0.5, 0.6) is 0 Å². The summed E-state index contributed by atoms with van der Waals surface area (Å²) in [5, 5.41) is 10.5. The molecule has 0 aromatic carbocycles. The van der Waals surface area contributed by atoms with Crippen LogP contribution in [0.3, 0.4) is 0 Å². The maximum Gasteiger partial charge on any atom is 0.192 e. The van der Waals surface area contributed by atoms with Gasteiger partial charge in [-0.3, -0.25) is 0 Å². The van der Waals surface area contributed by atoms with Crippen molar-refractivity contribution in [2.24, 2.45) is 0 Å². The molecule has 0 saturated carbocycles. The Bertz CT molecular complexity index is 655. The molecule has 0 amide bonds. The van der Waals surface area contributed by atoms with Crippen molar-refractivity contribution >= 4 is 58.0 Å². The van der Waals surface area contributed by atoms with E-state index in [0.29, 0.717) is 15.9 Å². The first-order chi connectivity index (χ1) is 9.79. The third kappa shape index (κ3) is 6.17. The molecule has 0 spiro atoms. The van der Waals surface area contributed by atoms with Gasteiger partial charge in [-0.15, -0.1) is 0 Å². The van der Waals surface area contributed by atoms with Crippen molar-refractivity contribution in [2.75, 3.05) is 11.2 Å². The van der Waals surface area contributed by atoms with Gasteiger partial charge in [0.1, 0.15) is 5.82 Å². The Morgan fingerprint density at radius 2 is 1.52 bits per heavy atom. The van der Waals surface area contributed by atoms with Crippen LogP contribution in [0.15, 0.2) is 24.5 Å². The van der Waals surface area contributed by atoms with Gasteiger partial charge < -0.3 is 5.73 Å². The lowest BCUT2D eigenvalue weighted by molar-refractivity contribution is -0.445. The first-order valence-corrected chi connectivity index (χ1v) is 6.59. The number of hydrazine groups is 1. The van der Waals surface area contributed by atoms with Crippen LogP contribution in [0.25, 0.3) is 0 Å². The van der Waals surface area contributed by atoms with Gasteiger partial charge in [-0.1, -0.05) is 51.8 Å². The maximum atomic E-state index is 9.94. The molecule has 0 unspecified atom stereocenters. The third-order valence-electron chi connectivity index (χ3n) is 1.84. The molecular weight excluding hydrogens is 364 g/mol. The molecule has 2 rings (SSSR count). The molecule has 0 aliphatic carbocycles. The van der Waals surface area contributed by atoms with Crippen molar-refractivity contribution in [1.29, 1.82) is 0 Å². The van der Waals surface area contributed by atoms with Gasteiger partial charge in [-0.05, 0) is 0 Å². The van der Waals surface area contributed by atoms with Gasteiger partial charge in [-0.25, -0.2) is 20.1 Å². The van der Waals surface area contributed by atoms with Crippen molar-refractivity contribution in [2.45, 2.75) is 0 Å². The Hall–Kier alpha value is -1.54. The van der Waals surface area contributed by atoms with Gasteiger partial charge in [0, 0.05) is 24.5 Å². The average Bonchev–Trinajstić information content (AvgIpc) is 2.39. The summed E-state index contributed by atoms with van der Waals surface area (Å²) in [6, 6.07) is 2.77. The van der Waals surface area contributed by atoms with Gasteiger partial charge >= 0.3 is 0 Å². The number of halogens is 4. The lowest BCUT2D eigenvalue weighted by atomic mass is 10.5. The summed E-state index contributed by atoms with van der Waals surface area (Å²) in [5.74, 6) is 0.429. The highest BCUT2D eigenvalue weighted by molar-refractivity contribution is 6.42. The summed E-state index contributed by atoms with van der Waals surface area (Å²) in [6.07, 6.45) is 2.65. The number of rotatable bonds is 2. The monoisotopic (exact) mass is 369 g/mol. The number of hydrogen-bond acceptors (Lipinski definition) is 5. The number of anilines is 2. The fraction of sp³-hybridized carbons (Fsp3) is 0. The molecule has 2 heterocycles. The number of nitrogen functional groups attached to an aromatic ring is 1. The highest BCUT2D eigenvalue weighted by atomic mass is 35.5. The largest absolute Gasteiger partial charge is 0.384 e. The van der Waals surface area contributed by atoms with Crippen molar-refractivity contribution in [3.8, 4) is 0 Å². The third-order valence-corrected chi connectivity index (χ3v) is 3.27. The van der Waals surface area contributed by atoms with Crippen LogP contribution in [-0.4, -0.2) is 15.0 Å². The maximum absolute atomic E-state index is 9.94. The van der Waals surface area contributed by atoms with E-state index in [4.69, 9.17) is 52.1 Å².